The summed E-state index contributed by atoms with van der Waals surface area (Å²) in [6.45, 7) is 0.422. The van der Waals surface area contributed by atoms with Crippen molar-refractivity contribution in [2.45, 2.75) is 12.2 Å². The van der Waals surface area contributed by atoms with Gasteiger partial charge in [-0.05, 0) is 0 Å². The van der Waals surface area contributed by atoms with Gasteiger partial charge in [-0.15, -0.1) is 0 Å². The van der Waals surface area contributed by atoms with Gasteiger partial charge in [-0.3, -0.25) is 4.79 Å². The van der Waals surface area contributed by atoms with Crippen LogP contribution in [0.2, 0.25) is 0 Å². The molecular weight excluding hydrogens is 122 g/mol. The molecule has 0 unspecified atom stereocenters. The van der Waals surface area contributed by atoms with E-state index in [-0.39, 0.29) is 6.42 Å². The maximum atomic E-state index is 10.7. The van der Waals surface area contributed by atoms with Crippen molar-refractivity contribution in [3.8, 4) is 0 Å². The van der Waals surface area contributed by atoms with Crippen LogP contribution in [0.25, 0.3) is 0 Å². The van der Waals surface area contributed by atoms with Crippen molar-refractivity contribution in [1.82, 2.24) is 4.90 Å². The van der Waals surface area contributed by atoms with Crippen molar-refractivity contribution >= 4 is 5.91 Å². The van der Waals surface area contributed by atoms with Crippen LogP contribution in [0.15, 0.2) is 0 Å². The van der Waals surface area contributed by atoms with Gasteiger partial charge in [0, 0.05) is 20.0 Å². The summed E-state index contributed by atoms with van der Waals surface area (Å²) < 4.78 is 0. The summed E-state index contributed by atoms with van der Waals surface area (Å²) in [6, 6.07) is 0. The van der Waals surface area contributed by atoms with Gasteiger partial charge in [0.2, 0.25) is 5.79 Å². The predicted molar refractivity (Wildman–Crippen MR) is 29.4 cm³/mol. The molecule has 1 fully saturated rings. The van der Waals surface area contributed by atoms with Crippen LogP contribution in [0.3, 0.4) is 0 Å². The van der Waals surface area contributed by atoms with Gasteiger partial charge in [0.1, 0.15) is 0 Å². The maximum absolute atomic E-state index is 10.7. The van der Waals surface area contributed by atoms with Gasteiger partial charge in [0.05, 0.1) is 0 Å². The SMILES string of the molecule is CN1CCC(O)(O)C1=O. The van der Waals surface area contributed by atoms with E-state index in [1.807, 2.05) is 0 Å². The molecule has 1 amide bonds. The van der Waals surface area contributed by atoms with Crippen molar-refractivity contribution in [1.29, 1.82) is 0 Å². The molecule has 0 atom stereocenters. The molecular formula is C5H9NO3. The van der Waals surface area contributed by atoms with Crippen LogP contribution in [0, 0.1) is 0 Å². The first-order valence-corrected chi connectivity index (χ1v) is 2.74. The molecule has 0 spiro atoms. The zero-order valence-electron chi connectivity index (χ0n) is 5.16. The second-order valence-corrected chi connectivity index (χ2v) is 2.29. The summed E-state index contributed by atoms with van der Waals surface area (Å²) in [7, 11) is 1.54. The molecule has 1 aliphatic heterocycles. The van der Waals surface area contributed by atoms with Crippen molar-refractivity contribution < 1.29 is 15.0 Å². The lowest BCUT2D eigenvalue weighted by Crippen LogP contribution is -2.37. The standard InChI is InChI=1S/C5H9NO3/c1-6-3-2-5(8,9)4(6)7/h8-9H,2-3H2,1H3. The quantitative estimate of drug-likeness (QED) is 0.394. The fourth-order valence-corrected chi connectivity index (χ4v) is 0.838. The van der Waals surface area contributed by atoms with Gasteiger partial charge < -0.3 is 15.1 Å². The van der Waals surface area contributed by atoms with E-state index in [4.69, 9.17) is 10.2 Å². The first-order chi connectivity index (χ1) is 4.04. The number of likely N-dealkylation sites (N-methyl/N-ethyl adjacent to an activating group) is 1. The third-order valence-corrected chi connectivity index (χ3v) is 1.49. The molecule has 0 radical (unpaired) electrons. The second kappa shape index (κ2) is 1.68. The number of rotatable bonds is 0. The first-order valence-electron chi connectivity index (χ1n) is 2.74. The van der Waals surface area contributed by atoms with E-state index < -0.39 is 11.7 Å². The zero-order chi connectivity index (χ0) is 7.07. The molecule has 2 N–H and O–H groups in total. The minimum Gasteiger partial charge on any atom is -0.358 e. The molecule has 0 bridgehead atoms. The number of carbonyl (C=O) groups is 1. The van der Waals surface area contributed by atoms with Crippen molar-refractivity contribution in [3.63, 3.8) is 0 Å². The Kier molecular flexibility index (Phi) is 1.22. The number of aliphatic hydroxyl groups is 2. The number of hydrogen-bond donors (Lipinski definition) is 2. The molecule has 4 nitrogen and oxygen atoms in total. The molecule has 4 heteroatoms. The summed E-state index contributed by atoms with van der Waals surface area (Å²) in [5.41, 5.74) is 0. The Morgan fingerprint density at radius 2 is 2.22 bits per heavy atom. The first kappa shape index (κ1) is 6.51. The molecule has 1 aliphatic rings. The monoisotopic (exact) mass is 131 g/mol. The van der Waals surface area contributed by atoms with Crippen LogP contribution in [0.5, 0.6) is 0 Å². The Hall–Kier alpha value is -0.610. The largest absolute Gasteiger partial charge is 0.358 e. The van der Waals surface area contributed by atoms with Crippen LogP contribution >= 0.6 is 0 Å². The zero-order valence-corrected chi connectivity index (χ0v) is 5.16. The number of nitrogens with zero attached hydrogens (tertiary/aromatic N) is 1. The van der Waals surface area contributed by atoms with E-state index in [2.05, 4.69) is 0 Å². The van der Waals surface area contributed by atoms with Crippen molar-refractivity contribution in [2.24, 2.45) is 0 Å². The van der Waals surface area contributed by atoms with Crippen LogP contribution < -0.4 is 0 Å². The van der Waals surface area contributed by atoms with E-state index in [1.165, 1.54) is 11.9 Å². The van der Waals surface area contributed by atoms with Crippen LogP contribution in [0.1, 0.15) is 6.42 Å². The van der Waals surface area contributed by atoms with E-state index in [0.29, 0.717) is 6.54 Å². The molecule has 0 aromatic carbocycles. The average Bonchev–Trinajstić information content (AvgIpc) is 1.97. The molecule has 9 heavy (non-hydrogen) atoms. The Morgan fingerprint density at radius 1 is 1.67 bits per heavy atom. The molecule has 52 valence electrons. The highest BCUT2D eigenvalue weighted by Crippen LogP contribution is 2.17. The number of likely N-dealkylation sites (tertiary alicyclic amines) is 1. The summed E-state index contributed by atoms with van der Waals surface area (Å²) in [5.74, 6) is -2.70. The van der Waals surface area contributed by atoms with Crippen LogP contribution in [-0.2, 0) is 4.79 Å². The highest BCUT2D eigenvalue weighted by Gasteiger charge is 2.41. The highest BCUT2D eigenvalue weighted by molar-refractivity contribution is 5.84. The third-order valence-electron chi connectivity index (χ3n) is 1.49. The Bertz CT molecular complexity index is 143. The summed E-state index contributed by atoms with van der Waals surface area (Å²) in [5, 5.41) is 17.6. The van der Waals surface area contributed by atoms with Crippen molar-refractivity contribution in [3.05, 3.63) is 0 Å². The summed E-state index contributed by atoms with van der Waals surface area (Å²) in [4.78, 5) is 11.9. The molecule has 0 saturated carbocycles. The molecule has 0 aromatic rings. The smallest absolute Gasteiger partial charge is 0.282 e. The normalized spacial score (nSPS) is 25.2. The summed E-state index contributed by atoms with van der Waals surface area (Å²) >= 11 is 0. The van der Waals surface area contributed by atoms with Crippen molar-refractivity contribution in [2.75, 3.05) is 13.6 Å². The van der Waals surface area contributed by atoms with Gasteiger partial charge in [-0.25, -0.2) is 0 Å². The van der Waals surface area contributed by atoms with E-state index in [0.717, 1.165) is 0 Å². The average molecular weight is 131 g/mol. The molecule has 1 saturated heterocycles. The Labute approximate surface area is 52.7 Å². The number of carbonyl (C=O) groups excluding carboxylic acids is 1. The maximum Gasteiger partial charge on any atom is 0.282 e. The Balaban J connectivity index is 2.74. The minimum absolute atomic E-state index is 0.113. The molecule has 1 heterocycles. The van der Waals surface area contributed by atoms with Crippen LogP contribution in [-0.4, -0.2) is 40.4 Å². The van der Waals surface area contributed by atoms with E-state index in [1.54, 1.807) is 0 Å². The van der Waals surface area contributed by atoms with Gasteiger partial charge in [-0.2, -0.15) is 0 Å². The van der Waals surface area contributed by atoms with E-state index >= 15 is 0 Å². The van der Waals surface area contributed by atoms with Crippen LogP contribution in [0.4, 0.5) is 0 Å². The third kappa shape index (κ3) is 0.906. The van der Waals surface area contributed by atoms with E-state index in [9.17, 15) is 4.79 Å². The molecule has 1 rings (SSSR count). The topological polar surface area (TPSA) is 60.8 Å². The molecule has 0 aliphatic carbocycles. The fourth-order valence-electron chi connectivity index (χ4n) is 0.838. The number of amides is 1. The summed E-state index contributed by atoms with van der Waals surface area (Å²) in [6.07, 6.45) is 0.113. The molecule has 0 aromatic heterocycles. The van der Waals surface area contributed by atoms with Gasteiger partial charge in [-0.1, -0.05) is 0 Å². The lowest BCUT2D eigenvalue weighted by Gasteiger charge is -2.11. The number of hydrogen-bond acceptors (Lipinski definition) is 3. The lowest BCUT2D eigenvalue weighted by molar-refractivity contribution is -0.181. The highest BCUT2D eigenvalue weighted by atomic mass is 16.5. The minimum atomic E-state index is -2.09. The predicted octanol–water partition coefficient (Wildman–Crippen LogP) is -1.47. The van der Waals surface area contributed by atoms with Gasteiger partial charge in [0.15, 0.2) is 0 Å². The van der Waals surface area contributed by atoms with Gasteiger partial charge in [0.25, 0.3) is 5.91 Å². The fraction of sp³-hybridized carbons (Fsp3) is 0.800. The Morgan fingerprint density at radius 3 is 2.33 bits per heavy atom. The second-order valence-electron chi connectivity index (χ2n) is 2.29. The lowest BCUT2D eigenvalue weighted by atomic mass is 10.2. The van der Waals surface area contributed by atoms with Gasteiger partial charge >= 0.3 is 0 Å².